The van der Waals surface area contributed by atoms with Gasteiger partial charge in [0.15, 0.2) is 0 Å². The SMILES string of the molecule is CCCc1nc(N)cc(NCCC(=O)NC(C)C)n1. The number of hydrogen-bond donors (Lipinski definition) is 3. The minimum atomic E-state index is 0.0262. The van der Waals surface area contributed by atoms with E-state index in [1.807, 2.05) is 13.8 Å². The number of anilines is 2. The molecular weight excluding hydrogens is 242 g/mol. The zero-order valence-electron chi connectivity index (χ0n) is 11.9. The van der Waals surface area contributed by atoms with Crippen molar-refractivity contribution in [3.05, 3.63) is 11.9 Å². The molecule has 0 radical (unpaired) electrons. The summed E-state index contributed by atoms with van der Waals surface area (Å²) in [6, 6.07) is 1.85. The first-order valence-corrected chi connectivity index (χ1v) is 6.68. The van der Waals surface area contributed by atoms with Crippen molar-refractivity contribution in [1.29, 1.82) is 0 Å². The first kappa shape index (κ1) is 15.2. The molecule has 0 atom stereocenters. The van der Waals surface area contributed by atoms with Gasteiger partial charge in [0.25, 0.3) is 0 Å². The number of nitrogens with zero attached hydrogens (tertiary/aromatic N) is 2. The number of nitrogens with one attached hydrogen (secondary N) is 2. The molecule has 0 aromatic carbocycles. The largest absolute Gasteiger partial charge is 0.384 e. The molecule has 1 aromatic rings. The molecule has 0 aliphatic carbocycles. The summed E-state index contributed by atoms with van der Waals surface area (Å²) in [6.07, 6.45) is 2.18. The Morgan fingerprint density at radius 2 is 2.16 bits per heavy atom. The molecule has 0 saturated carbocycles. The van der Waals surface area contributed by atoms with Crippen molar-refractivity contribution in [2.24, 2.45) is 0 Å². The molecule has 4 N–H and O–H groups in total. The molecule has 19 heavy (non-hydrogen) atoms. The van der Waals surface area contributed by atoms with Crippen molar-refractivity contribution in [1.82, 2.24) is 15.3 Å². The van der Waals surface area contributed by atoms with E-state index in [1.54, 1.807) is 6.07 Å². The van der Waals surface area contributed by atoms with Crippen molar-refractivity contribution in [3.63, 3.8) is 0 Å². The van der Waals surface area contributed by atoms with Crippen LogP contribution in [0.2, 0.25) is 0 Å². The highest BCUT2D eigenvalue weighted by atomic mass is 16.1. The monoisotopic (exact) mass is 265 g/mol. The van der Waals surface area contributed by atoms with Crippen molar-refractivity contribution in [2.75, 3.05) is 17.6 Å². The molecule has 1 aromatic heterocycles. The van der Waals surface area contributed by atoms with Crippen LogP contribution in [0.4, 0.5) is 11.6 Å². The lowest BCUT2D eigenvalue weighted by molar-refractivity contribution is -0.121. The maximum atomic E-state index is 11.5. The highest BCUT2D eigenvalue weighted by molar-refractivity contribution is 5.76. The van der Waals surface area contributed by atoms with Crippen molar-refractivity contribution >= 4 is 17.5 Å². The molecule has 0 bridgehead atoms. The van der Waals surface area contributed by atoms with Crippen molar-refractivity contribution in [3.8, 4) is 0 Å². The number of carbonyl (C=O) groups excluding carboxylic acids is 1. The van der Waals surface area contributed by atoms with Gasteiger partial charge in [-0.05, 0) is 20.3 Å². The van der Waals surface area contributed by atoms with E-state index in [9.17, 15) is 4.79 Å². The Morgan fingerprint density at radius 1 is 1.42 bits per heavy atom. The smallest absolute Gasteiger partial charge is 0.221 e. The third kappa shape index (κ3) is 6.03. The van der Waals surface area contributed by atoms with Crippen LogP contribution in [0.25, 0.3) is 0 Å². The van der Waals surface area contributed by atoms with Crippen LogP contribution in [0.3, 0.4) is 0 Å². The molecular formula is C13H23N5O. The number of rotatable bonds is 7. The number of carbonyl (C=O) groups is 1. The van der Waals surface area contributed by atoms with Crippen LogP contribution in [0, 0.1) is 0 Å². The van der Waals surface area contributed by atoms with E-state index in [2.05, 4.69) is 27.5 Å². The Hall–Kier alpha value is -1.85. The second-order valence-electron chi connectivity index (χ2n) is 4.74. The van der Waals surface area contributed by atoms with Crippen LogP contribution < -0.4 is 16.4 Å². The molecule has 1 heterocycles. The zero-order valence-corrected chi connectivity index (χ0v) is 11.9. The Kier molecular flexibility index (Phi) is 6.05. The van der Waals surface area contributed by atoms with Gasteiger partial charge in [-0.2, -0.15) is 0 Å². The van der Waals surface area contributed by atoms with Crippen molar-refractivity contribution < 1.29 is 4.79 Å². The Balaban J connectivity index is 2.46. The topological polar surface area (TPSA) is 92.9 Å². The van der Waals surface area contributed by atoms with E-state index in [0.29, 0.717) is 24.6 Å². The highest BCUT2D eigenvalue weighted by Gasteiger charge is 2.05. The van der Waals surface area contributed by atoms with Gasteiger partial charge in [0.2, 0.25) is 5.91 Å². The van der Waals surface area contributed by atoms with Crippen molar-refractivity contribution in [2.45, 2.75) is 46.1 Å². The van der Waals surface area contributed by atoms with E-state index in [4.69, 9.17) is 5.73 Å². The molecule has 0 unspecified atom stereocenters. The third-order valence-corrected chi connectivity index (χ3v) is 2.37. The van der Waals surface area contributed by atoms with Gasteiger partial charge in [-0.3, -0.25) is 4.79 Å². The van der Waals surface area contributed by atoms with Gasteiger partial charge in [-0.25, -0.2) is 9.97 Å². The van der Waals surface area contributed by atoms with E-state index in [-0.39, 0.29) is 11.9 Å². The second kappa shape index (κ2) is 7.56. The number of amides is 1. The predicted octanol–water partition coefficient (Wildman–Crippen LogP) is 1.34. The van der Waals surface area contributed by atoms with Crippen LogP contribution >= 0.6 is 0 Å². The fourth-order valence-electron chi connectivity index (χ4n) is 1.64. The Morgan fingerprint density at radius 3 is 2.79 bits per heavy atom. The lowest BCUT2D eigenvalue weighted by Gasteiger charge is -2.10. The molecule has 0 aliphatic heterocycles. The Labute approximate surface area is 114 Å². The average Bonchev–Trinajstić information content (AvgIpc) is 2.27. The number of hydrogen-bond acceptors (Lipinski definition) is 5. The summed E-state index contributed by atoms with van der Waals surface area (Å²) in [4.78, 5) is 20.0. The fourth-order valence-corrected chi connectivity index (χ4v) is 1.64. The molecule has 6 nitrogen and oxygen atoms in total. The number of aromatic nitrogens is 2. The lowest BCUT2D eigenvalue weighted by Crippen LogP contribution is -2.31. The van der Waals surface area contributed by atoms with Crippen LogP contribution in [0.5, 0.6) is 0 Å². The summed E-state index contributed by atoms with van der Waals surface area (Å²) in [5.74, 6) is 1.89. The predicted molar refractivity (Wildman–Crippen MR) is 76.8 cm³/mol. The summed E-state index contributed by atoms with van der Waals surface area (Å²) < 4.78 is 0. The first-order chi connectivity index (χ1) is 9.01. The molecule has 0 spiro atoms. The van der Waals surface area contributed by atoms with Crippen LogP contribution in [-0.2, 0) is 11.2 Å². The van der Waals surface area contributed by atoms with E-state index in [1.165, 1.54) is 0 Å². The van der Waals surface area contributed by atoms with E-state index >= 15 is 0 Å². The second-order valence-corrected chi connectivity index (χ2v) is 4.74. The summed E-state index contributed by atoms with van der Waals surface area (Å²) in [5, 5.41) is 5.93. The van der Waals surface area contributed by atoms with Gasteiger partial charge in [0, 0.05) is 31.5 Å². The number of aryl methyl sites for hydroxylation is 1. The van der Waals surface area contributed by atoms with E-state index < -0.39 is 0 Å². The van der Waals surface area contributed by atoms with Crippen LogP contribution in [0.15, 0.2) is 6.07 Å². The molecule has 0 aliphatic rings. The summed E-state index contributed by atoms with van der Waals surface area (Å²) >= 11 is 0. The zero-order chi connectivity index (χ0) is 14.3. The number of nitrogens with two attached hydrogens (primary N) is 1. The van der Waals surface area contributed by atoms with Gasteiger partial charge < -0.3 is 16.4 Å². The lowest BCUT2D eigenvalue weighted by atomic mass is 10.3. The van der Waals surface area contributed by atoms with Gasteiger partial charge >= 0.3 is 0 Å². The Bertz CT molecular complexity index is 419. The summed E-state index contributed by atoms with van der Waals surface area (Å²) in [5.41, 5.74) is 5.72. The third-order valence-electron chi connectivity index (χ3n) is 2.37. The van der Waals surface area contributed by atoms with Gasteiger partial charge in [0.1, 0.15) is 17.5 Å². The highest BCUT2D eigenvalue weighted by Crippen LogP contribution is 2.09. The van der Waals surface area contributed by atoms with Crippen LogP contribution in [-0.4, -0.2) is 28.5 Å². The minimum absolute atomic E-state index is 0.0262. The quantitative estimate of drug-likeness (QED) is 0.691. The maximum absolute atomic E-state index is 11.5. The number of nitrogen functional groups attached to an aromatic ring is 1. The molecule has 0 fully saturated rings. The van der Waals surface area contributed by atoms with Crippen LogP contribution in [0.1, 0.15) is 39.4 Å². The minimum Gasteiger partial charge on any atom is -0.384 e. The maximum Gasteiger partial charge on any atom is 0.221 e. The van der Waals surface area contributed by atoms with E-state index in [0.717, 1.165) is 18.7 Å². The summed E-state index contributed by atoms with van der Waals surface area (Å²) in [6.45, 7) is 6.47. The fraction of sp³-hybridized carbons (Fsp3) is 0.615. The summed E-state index contributed by atoms with van der Waals surface area (Å²) in [7, 11) is 0. The normalized spacial score (nSPS) is 10.5. The molecule has 6 heteroatoms. The standard InChI is InChI=1S/C13H23N5O/c1-4-5-11-17-10(14)8-12(18-11)15-7-6-13(19)16-9(2)3/h8-9H,4-7H2,1-3H3,(H,16,19)(H3,14,15,17,18). The molecule has 0 saturated heterocycles. The molecule has 106 valence electrons. The van der Waals surface area contributed by atoms with Gasteiger partial charge in [-0.1, -0.05) is 6.92 Å². The van der Waals surface area contributed by atoms with Gasteiger partial charge in [0.05, 0.1) is 0 Å². The molecule has 1 rings (SSSR count). The average molecular weight is 265 g/mol. The first-order valence-electron chi connectivity index (χ1n) is 6.68. The van der Waals surface area contributed by atoms with Gasteiger partial charge in [-0.15, -0.1) is 0 Å². The molecule has 1 amide bonds.